The fraction of sp³-hybridized carbons (Fsp3) is 0.385. The molecule has 1 heterocycles. The van der Waals surface area contributed by atoms with Crippen molar-refractivity contribution in [3.63, 3.8) is 0 Å². The smallest absolute Gasteiger partial charge is 0.260 e. The Morgan fingerprint density at radius 1 is 1.33 bits per heavy atom. The van der Waals surface area contributed by atoms with E-state index in [2.05, 4.69) is 29.3 Å². The van der Waals surface area contributed by atoms with Crippen molar-refractivity contribution in [2.24, 2.45) is 5.92 Å². The van der Waals surface area contributed by atoms with Gasteiger partial charge in [0, 0.05) is 0 Å². The van der Waals surface area contributed by atoms with Crippen molar-refractivity contribution in [2.45, 2.75) is 20.4 Å². The van der Waals surface area contributed by atoms with E-state index in [-0.39, 0.29) is 11.7 Å². The molecule has 0 bridgehead atoms. The summed E-state index contributed by atoms with van der Waals surface area (Å²) in [5, 5.41) is 7.02. The van der Waals surface area contributed by atoms with Crippen molar-refractivity contribution in [2.75, 3.05) is 6.54 Å². The van der Waals surface area contributed by atoms with Gasteiger partial charge in [0.1, 0.15) is 5.82 Å². The molecule has 0 radical (unpaired) electrons. The molecule has 96 valence electrons. The molecule has 1 aromatic carbocycles. The van der Waals surface area contributed by atoms with E-state index in [1.807, 2.05) is 0 Å². The highest BCUT2D eigenvalue weighted by atomic mass is 19.1. The summed E-state index contributed by atoms with van der Waals surface area (Å²) in [5.41, 5.74) is 0.333. The quantitative estimate of drug-likeness (QED) is 0.885. The van der Waals surface area contributed by atoms with E-state index >= 15 is 0 Å². The van der Waals surface area contributed by atoms with Crippen LogP contribution in [0.2, 0.25) is 0 Å². The third-order valence-electron chi connectivity index (χ3n) is 2.41. The SMILES string of the molecule is CC(C)CNCc1noc(-c2ccccc2F)n1. The van der Waals surface area contributed by atoms with E-state index < -0.39 is 0 Å². The Kier molecular flexibility index (Phi) is 4.04. The first-order valence-electron chi connectivity index (χ1n) is 5.95. The second kappa shape index (κ2) is 5.73. The lowest BCUT2D eigenvalue weighted by atomic mass is 10.2. The van der Waals surface area contributed by atoms with Crippen LogP contribution in [0.4, 0.5) is 4.39 Å². The molecular weight excluding hydrogens is 233 g/mol. The van der Waals surface area contributed by atoms with Gasteiger partial charge in [-0.2, -0.15) is 4.98 Å². The largest absolute Gasteiger partial charge is 0.334 e. The Balaban J connectivity index is 2.04. The Labute approximate surface area is 105 Å². The molecule has 0 aliphatic carbocycles. The lowest BCUT2D eigenvalue weighted by Gasteiger charge is -2.03. The minimum Gasteiger partial charge on any atom is -0.334 e. The predicted molar refractivity (Wildman–Crippen MR) is 66.2 cm³/mol. The zero-order valence-corrected chi connectivity index (χ0v) is 10.5. The van der Waals surface area contributed by atoms with Crippen molar-refractivity contribution >= 4 is 0 Å². The topological polar surface area (TPSA) is 51.0 Å². The van der Waals surface area contributed by atoms with Crippen molar-refractivity contribution in [3.05, 3.63) is 35.9 Å². The second-order valence-corrected chi connectivity index (χ2v) is 4.52. The summed E-state index contributed by atoms with van der Waals surface area (Å²) in [7, 11) is 0. The lowest BCUT2D eigenvalue weighted by Crippen LogP contribution is -2.19. The maximum Gasteiger partial charge on any atom is 0.260 e. The maximum absolute atomic E-state index is 13.5. The van der Waals surface area contributed by atoms with Crippen LogP contribution in [0.25, 0.3) is 11.5 Å². The summed E-state index contributed by atoms with van der Waals surface area (Å²) in [5.74, 6) is 0.953. The first-order chi connectivity index (χ1) is 8.66. The van der Waals surface area contributed by atoms with E-state index in [9.17, 15) is 4.39 Å². The summed E-state index contributed by atoms with van der Waals surface area (Å²) in [6.07, 6.45) is 0. The number of nitrogens with one attached hydrogen (secondary N) is 1. The van der Waals surface area contributed by atoms with Gasteiger partial charge in [-0.25, -0.2) is 4.39 Å². The molecule has 1 aromatic heterocycles. The summed E-state index contributed by atoms with van der Waals surface area (Å²) in [6, 6.07) is 6.35. The van der Waals surface area contributed by atoms with Gasteiger partial charge in [-0.15, -0.1) is 0 Å². The van der Waals surface area contributed by atoms with Gasteiger partial charge in [0.15, 0.2) is 5.82 Å². The van der Waals surface area contributed by atoms with Crippen molar-refractivity contribution < 1.29 is 8.91 Å². The number of nitrogens with zero attached hydrogens (tertiary/aromatic N) is 2. The van der Waals surface area contributed by atoms with E-state index in [4.69, 9.17) is 4.52 Å². The highest BCUT2D eigenvalue weighted by Crippen LogP contribution is 2.20. The fourth-order valence-corrected chi connectivity index (χ4v) is 1.54. The number of benzene rings is 1. The van der Waals surface area contributed by atoms with Crippen LogP contribution in [0.1, 0.15) is 19.7 Å². The van der Waals surface area contributed by atoms with Crippen LogP contribution >= 0.6 is 0 Å². The van der Waals surface area contributed by atoms with Gasteiger partial charge in [0.25, 0.3) is 5.89 Å². The molecule has 0 amide bonds. The molecule has 1 N–H and O–H groups in total. The molecule has 2 aromatic rings. The Hall–Kier alpha value is -1.75. The summed E-state index contributed by atoms with van der Waals surface area (Å²) >= 11 is 0. The summed E-state index contributed by atoms with van der Waals surface area (Å²) in [4.78, 5) is 4.16. The van der Waals surface area contributed by atoms with Gasteiger partial charge < -0.3 is 9.84 Å². The van der Waals surface area contributed by atoms with Crippen LogP contribution in [0.15, 0.2) is 28.8 Å². The number of hydrogen-bond acceptors (Lipinski definition) is 4. The molecule has 0 aliphatic heterocycles. The zero-order chi connectivity index (χ0) is 13.0. The third kappa shape index (κ3) is 3.13. The Morgan fingerprint density at radius 3 is 2.83 bits per heavy atom. The fourth-order valence-electron chi connectivity index (χ4n) is 1.54. The molecule has 0 saturated carbocycles. The van der Waals surface area contributed by atoms with Crippen LogP contribution in [-0.2, 0) is 6.54 Å². The summed E-state index contributed by atoms with van der Waals surface area (Å²) in [6.45, 7) is 5.64. The zero-order valence-electron chi connectivity index (χ0n) is 10.5. The van der Waals surface area contributed by atoms with Crippen molar-refractivity contribution in [1.29, 1.82) is 0 Å². The number of aromatic nitrogens is 2. The monoisotopic (exact) mass is 249 g/mol. The first-order valence-corrected chi connectivity index (χ1v) is 5.95. The number of halogens is 1. The van der Waals surface area contributed by atoms with Crippen LogP contribution in [0.5, 0.6) is 0 Å². The average Bonchev–Trinajstić information content (AvgIpc) is 2.78. The summed E-state index contributed by atoms with van der Waals surface area (Å²) < 4.78 is 18.5. The maximum atomic E-state index is 13.5. The van der Waals surface area contributed by atoms with E-state index in [1.165, 1.54) is 6.07 Å². The predicted octanol–water partition coefficient (Wildman–Crippen LogP) is 2.62. The minimum atomic E-state index is -0.358. The second-order valence-electron chi connectivity index (χ2n) is 4.52. The molecule has 0 aliphatic rings. The molecular formula is C13H16FN3O. The van der Waals surface area contributed by atoms with Crippen LogP contribution in [0, 0.1) is 11.7 Å². The average molecular weight is 249 g/mol. The van der Waals surface area contributed by atoms with Crippen LogP contribution in [-0.4, -0.2) is 16.7 Å². The van der Waals surface area contributed by atoms with Gasteiger partial charge in [-0.1, -0.05) is 31.1 Å². The Bertz CT molecular complexity index is 510. The molecule has 0 saturated heterocycles. The Morgan fingerprint density at radius 2 is 2.11 bits per heavy atom. The van der Waals surface area contributed by atoms with Crippen LogP contribution in [0.3, 0.4) is 0 Å². The van der Waals surface area contributed by atoms with E-state index in [0.717, 1.165) is 6.54 Å². The number of rotatable bonds is 5. The van der Waals surface area contributed by atoms with Gasteiger partial charge >= 0.3 is 0 Å². The first kappa shape index (κ1) is 12.7. The standard InChI is InChI=1S/C13H16FN3O/c1-9(2)7-15-8-12-16-13(18-17-12)10-5-3-4-6-11(10)14/h3-6,9,15H,7-8H2,1-2H3. The third-order valence-corrected chi connectivity index (χ3v) is 2.41. The van der Waals surface area contributed by atoms with Gasteiger partial charge in [0.2, 0.25) is 0 Å². The van der Waals surface area contributed by atoms with Gasteiger partial charge in [-0.3, -0.25) is 0 Å². The molecule has 0 unspecified atom stereocenters. The molecule has 2 rings (SSSR count). The number of hydrogen-bond donors (Lipinski definition) is 1. The minimum absolute atomic E-state index is 0.217. The molecule has 0 spiro atoms. The highest BCUT2D eigenvalue weighted by molar-refractivity contribution is 5.53. The molecule has 0 atom stereocenters. The lowest BCUT2D eigenvalue weighted by molar-refractivity contribution is 0.415. The molecule has 4 nitrogen and oxygen atoms in total. The van der Waals surface area contributed by atoms with Crippen molar-refractivity contribution in [3.8, 4) is 11.5 Å². The van der Waals surface area contributed by atoms with Crippen molar-refractivity contribution in [1.82, 2.24) is 15.5 Å². The van der Waals surface area contributed by atoms with Gasteiger partial charge in [-0.05, 0) is 24.6 Å². The van der Waals surface area contributed by atoms with Gasteiger partial charge in [0.05, 0.1) is 12.1 Å². The normalized spacial score (nSPS) is 11.1. The van der Waals surface area contributed by atoms with E-state index in [0.29, 0.717) is 23.9 Å². The molecule has 0 fully saturated rings. The van der Waals surface area contributed by atoms with E-state index in [1.54, 1.807) is 18.2 Å². The molecule has 18 heavy (non-hydrogen) atoms. The molecule has 5 heteroatoms. The highest BCUT2D eigenvalue weighted by Gasteiger charge is 2.12. The van der Waals surface area contributed by atoms with Crippen LogP contribution < -0.4 is 5.32 Å².